The SMILES string of the molecule is C.CCOC.CNC(C)=O. The standard InChI is InChI=1S/C3H7NO.C3H8O.CH4/c1-3(5)4-2;1-3-4-2;/h1-2H3,(H,4,5);3H2,1-2H3;1H4. The third-order valence-corrected chi connectivity index (χ3v) is 0.641. The molecule has 0 heterocycles. The Morgan fingerprint density at radius 2 is 1.80 bits per heavy atom. The maximum Gasteiger partial charge on any atom is 0.216 e. The molecule has 0 fully saturated rings. The highest BCUT2D eigenvalue weighted by Crippen LogP contribution is 1.52. The number of ether oxygens (including phenoxy) is 1. The van der Waals surface area contributed by atoms with Crippen molar-refractivity contribution in [2.45, 2.75) is 21.3 Å². The van der Waals surface area contributed by atoms with Crippen LogP contribution in [0.5, 0.6) is 0 Å². The zero-order chi connectivity index (χ0) is 7.70. The summed E-state index contributed by atoms with van der Waals surface area (Å²) in [5, 5.41) is 2.39. The predicted octanol–water partition coefficient (Wildman–Crippen LogP) is 1.04. The Kier molecular flexibility index (Phi) is 25.6. The highest BCUT2D eigenvalue weighted by Gasteiger charge is 1.72. The lowest BCUT2D eigenvalue weighted by Crippen LogP contribution is -2.11. The molecular weight excluding hydrogens is 130 g/mol. The molecule has 3 heteroatoms. The van der Waals surface area contributed by atoms with Crippen LogP contribution in [0.2, 0.25) is 0 Å². The maximum atomic E-state index is 9.70. The topological polar surface area (TPSA) is 38.3 Å². The second-order valence-corrected chi connectivity index (χ2v) is 1.38. The average molecular weight is 149 g/mol. The highest BCUT2D eigenvalue weighted by molar-refractivity contribution is 5.72. The molecule has 0 aromatic heterocycles. The van der Waals surface area contributed by atoms with Crippen molar-refractivity contribution in [1.29, 1.82) is 0 Å². The number of nitrogens with one attached hydrogen (secondary N) is 1. The minimum absolute atomic E-state index is 0. The summed E-state index contributed by atoms with van der Waals surface area (Å²) in [4.78, 5) is 9.70. The minimum atomic E-state index is 0. The summed E-state index contributed by atoms with van der Waals surface area (Å²) in [5.41, 5.74) is 0. The molecule has 0 aromatic carbocycles. The number of rotatable bonds is 1. The Labute approximate surface area is 63.8 Å². The third kappa shape index (κ3) is 52.0. The molecule has 0 aliphatic carbocycles. The molecule has 0 bridgehead atoms. The first-order valence-corrected chi connectivity index (χ1v) is 2.86. The second-order valence-electron chi connectivity index (χ2n) is 1.38. The molecule has 10 heavy (non-hydrogen) atoms. The van der Waals surface area contributed by atoms with Crippen molar-refractivity contribution in [3.63, 3.8) is 0 Å². The van der Waals surface area contributed by atoms with Crippen molar-refractivity contribution in [3.05, 3.63) is 0 Å². The van der Waals surface area contributed by atoms with E-state index in [0.29, 0.717) is 0 Å². The van der Waals surface area contributed by atoms with Crippen LogP contribution < -0.4 is 5.32 Å². The Morgan fingerprint density at radius 1 is 1.60 bits per heavy atom. The lowest BCUT2D eigenvalue weighted by atomic mass is 10.7. The fraction of sp³-hybridized carbons (Fsp3) is 0.857. The van der Waals surface area contributed by atoms with Gasteiger partial charge in [0.05, 0.1) is 0 Å². The Balaban J connectivity index is -0.0000000910. The quantitative estimate of drug-likeness (QED) is 0.605. The van der Waals surface area contributed by atoms with Crippen LogP contribution in [0.15, 0.2) is 0 Å². The number of carbonyl (C=O) groups is 1. The number of hydrogen-bond donors (Lipinski definition) is 1. The van der Waals surface area contributed by atoms with Gasteiger partial charge in [0.15, 0.2) is 0 Å². The summed E-state index contributed by atoms with van der Waals surface area (Å²) in [6.45, 7) is 4.25. The number of carbonyl (C=O) groups excluding carboxylic acids is 1. The van der Waals surface area contributed by atoms with Crippen molar-refractivity contribution in [2.75, 3.05) is 20.8 Å². The molecule has 0 atom stereocenters. The maximum absolute atomic E-state index is 9.70. The van der Waals surface area contributed by atoms with Crippen LogP contribution in [0, 0.1) is 0 Å². The van der Waals surface area contributed by atoms with Crippen molar-refractivity contribution in [3.8, 4) is 0 Å². The zero-order valence-electron chi connectivity index (χ0n) is 6.52. The summed E-state index contributed by atoms with van der Waals surface area (Å²) in [6.07, 6.45) is 0. The van der Waals surface area contributed by atoms with E-state index in [9.17, 15) is 4.79 Å². The molecule has 64 valence electrons. The molecule has 0 saturated carbocycles. The van der Waals surface area contributed by atoms with Gasteiger partial charge < -0.3 is 10.1 Å². The normalized spacial score (nSPS) is 6.40. The zero-order valence-corrected chi connectivity index (χ0v) is 6.52. The van der Waals surface area contributed by atoms with Crippen LogP contribution in [0.4, 0.5) is 0 Å². The van der Waals surface area contributed by atoms with Gasteiger partial charge in [-0.2, -0.15) is 0 Å². The molecule has 0 aliphatic rings. The lowest BCUT2D eigenvalue weighted by Gasteiger charge is -1.80. The van der Waals surface area contributed by atoms with Gasteiger partial charge in [0.1, 0.15) is 0 Å². The van der Waals surface area contributed by atoms with E-state index < -0.39 is 0 Å². The van der Waals surface area contributed by atoms with Crippen LogP contribution in [-0.2, 0) is 9.53 Å². The fourth-order valence-corrected chi connectivity index (χ4v) is 0. The van der Waals surface area contributed by atoms with Gasteiger partial charge in [-0.25, -0.2) is 0 Å². The van der Waals surface area contributed by atoms with Gasteiger partial charge in [0.2, 0.25) is 5.91 Å². The first kappa shape index (κ1) is 16.2. The lowest BCUT2D eigenvalue weighted by molar-refractivity contribution is -0.118. The van der Waals surface area contributed by atoms with Crippen molar-refractivity contribution < 1.29 is 9.53 Å². The summed E-state index contributed by atoms with van der Waals surface area (Å²) < 4.78 is 4.54. The van der Waals surface area contributed by atoms with Crippen LogP contribution in [-0.4, -0.2) is 26.7 Å². The smallest absolute Gasteiger partial charge is 0.216 e. The van der Waals surface area contributed by atoms with E-state index >= 15 is 0 Å². The second kappa shape index (κ2) is 15.8. The molecule has 0 unspecified atom stereocenters. The van der Waals surface area contributed by atoms with Crippen LogP contribution >= 0.6 is 0 Å². The largest absolute Gasteiger partial charge is 0.385 e. The van der Waals surface area contributed by atoms with Crippen LogP contribution in [0.3, 0.4) is 0 Å². The van der Waals surface area contributed by atoms with E-state index in [0.717, 1.165) is 6.61 Å². The molecule has 3 nitrogen and oxygen atoms in total. The Hall–Kier alpha value is -0.570. The van der Waals surface area contributed by atoms with Gasteiger partial charge in [-0.15, -0.1) is 0 Å². The first-order chi connectivity index (χ1) is 4.18. The van der Waals surface area contributed by atoms with Gasteiger partial charge >= 0.3 is 0 Å². The van der Waals surface area contributed by atoms with E-state index in [4.69, 9.17) is 0 Å². The summed E-state index contributed by atoms with van der Waals surface area (Å²) in [5.74, 6) is 0.00463. The first-order valence-electron chi connectivity index (χ1n) is 2.86. The van der Waals surface area contributed by atoms with Gasteiger partial charge in [0.25, 0.3) is 0 Å². The molecule has 1 N–H and O–H groups in total. The molecule has 0 spiro atoms. The van der Waals surface area contributed by atoms with Crippen molar-refractivity contribution >= 4 is 5.91 Å². The molecule has 1 amide bonds. The van der Waals surface area contributed by atoms with E-state index in [-0.39, 0.29) is 13.3 Å². The molecule has 0 rings (SSSR count). The van der Waals surface area contributed by atoms with Crippen molar-refractivity contribution in [2.24, 2.45) is 0 Å². The third-order valence-electron chi connectivity index (χ3n) is 0.641. The fourth-order valence-electron chi connectivity index (χ4n) is 0. The van der Waals surface area contributed by atoms with Crippen LogP contribution in [0.25, 0.3) is 0 Å². The Morgan fingerprint density at radius 3 is 1.80 bits per heavy atom. The molecule has 0 aliphatic heterocycles. The van der Waals surface area contributed by atoms with Gasteiger partial charge in [0, 0.05) is 27.7 Å². The van der Waals surface area contributed by atoms with Crippen LogP contribution in [0.1, 0.15) is 21.3 Å². The molecule has 0 saturated heterocycles. The van der Waals surface area contributed by atoms with E-state index in [2.05, 4.69) is 10.1 Å². The molecular formula is C7H19NO2. The van der Waals surface area contributed by atoms with Gasteiger partial charge in [-0.05, 0) is 6.92 Å². The monoisotopic (exact) mass is 149 g/mol. The van der Waals surface area contributed by atoms with Gasteiger partial charge in [-0.3, -0.25) is 4.79 Å². The number of methoxy groups -OCH3 is 1. The highest BCUT2D eigenvalue weighted by atomic mass is 16.5. The minimum Gasteiger partial charge on any atom is -0.385 e. The van der Waals surface area contributed by atoms with Crippen molar-refractivity contribution in [1.82, 2.24) is 5.32 Å². The van der Waals surface area contributed by atoms with Gasteiger partial charge in [-0.1, -0.05) is 7.43 Å². The number of amides is 1. The molecule has 0 aromatic rings. The average Bonchev–Trinajstić information content (AvgIpc) is 1.89. The van der Waals surface area contributed by atoms with E-state index in [1.807, 2.05) is 6.92 Å². The van der Waals surface area contributed by atoms with E-state index in [1.165, 1.54) is 6.92 Å². The predicted molar refractivity (Wildman–Crippen MR) is 44.0 cm³/mol. The number of hydrogen-bond acceptors (Lipinski definition) is 2. The Bertz CT molecular complexity index is 62.6. The molecule has 0 radical (unpaired) electrons. The summed E-state index contributed by atoms with van der Waals surface area (Å²) >= 11 is 0. The van der Waals surface area contributed by atoms with E-state index in [1.54, 1.807) is 14.2 Å². The summed E-state index contributed by atoms with van der Waals surface area (Å²) in [6, 6.07) is 0. The summed E-state index contributed by atoms with van der Waals surface area (Å²) in [7, 11) is 3.28.